The number of carbonyl (C=O) groups excluding carboxylic acids is 2. The van der Waals surface area contributed by atoms with Gasteiger partial charge in [-0.1, -0.05) is 0 Å². The quantitative estimate of drug-likeness (QED) is 0.485. The highest BCUT2D eigenvalue weighted by Crippen LogP contribution is 2.40. The van der Waals surface area contributed by atoms with Crippen molar-refractivity contribution in [2.75, 3.05) is 26.9 Å². The molecular formula is C21H21NO6. The Kier molecular flexibility index (Phi) is 4.92. The van der Waals surface area contributed by atoms with Crippen LogP contribution >= 0.6 is 0 Å². The average Bonchev–Trinajstić information content (AvgIpc) is 3.33. The zero-order valence-electron chi connectivity index (χ0n) is 15.5. The van der Waals surface area contributed by atoms with Crippen LogP contribution < -0.4 is 4.74 Å². The highest BCUT2D eigenvalue weighted by atomic mass is 16.5. The van der Waals surface area contributed by atoms with E-state index < -0.39 is 17.7 Å². The van der Waals surface area contributed by atoms with Crippen molar-refractivity contribution in [3.05, 3.63) is 59.1 Å². The molecule has 2 aliphatic rings. The summed E-state index contributed by atoms with van der Waals surface area (Å²) in [7, 11) is 1.52. The Hall–Kier alpha value is -3.06. The molecule has 1 N–H and O–H groups in total. The van der Waals surface area contributed by atoms with Crippen molar-refractivity contribution < 1.29 is 28.6 Å². The summed E-state index contributed by atoms with van der Waals surface area (Å²) in [5.41, 5.74) is 1.47. The Labute approximate surface area is 162 Å². The molecule has 0 saturated carbocycles. The van der Waals surface area contributed by atoms with Gasteiger partial charge >= 0.3 is 0 Å². The normalized spacial score (nSPS) is 20.9. The molecule has 7 heteroatoms. The first-order valence-electron chi connectivity index (χ1n) is 9.18. The molecule has 4 rings (SSSR count). The van der Waals surface area contributed by atoms with Crippen LogP contribution in [0.5, 0.6) is 5.75 Å². The topological polar surface area (TPSA) is 89.2 Å². The SMILES string of the molecule is COCCN1C(=O)C(=O)/C(=C(\O)c2ccc3c(c2)CCCO3)C1c1ccco1. The van der Waals surface area contributed by atoms with Gasteiger partial charge in [-0.25, -0.2) is 0 Å². The molecule has 0 bridgehead atoms. The predicted octanol–water partition coefficient (Wildman–Crippen LogP) is 2.67. The second-order valence-corrected chi connectivity index (χ2v) is 6.78. The Morgan fingerprint density at radius 3 is 2.93 bits per heavy atom. The zero-order valence-corrected chi connectivity index (χ0v) is 15.5. The number of hydrogen-bond donors (Lipinski definition) is 1. The van der Waals surface area contributed by atoms with Crippen molar-refractivity contribution in [3.8, 4) is 5.75 Å². The van der Waals surface area contributed by atoms with Crippen molar-refractivity contribution in [2.45, 2.75) is 18.9 Å². The van der Waals surface area contributed by atoms with E-state index in [1.165, 1.54) is 18.3 Å². The van der Waals surface area contributed by atoms with Crippen LogP contribution in [-0.2, 0) is 20.7 Å². The minimum atomic E-state index is -0.794. The molecule has 1 aromatic carbocycles. The molecule has 0 aliphatic carbocycles. The number of methoxy groups -OCH3 is 1. The number of ketones is 1. The molecular weight excluding hydrogens is 362 g/mol. The first-order valence-corrected chi connectivity index (χ1v) is 9.18. The van der Waals surface area contributed by atoms with Gasteiger partial charge < -0.3 is 23.9 Å². The van der Waals surface area contributed by atoms with Gasteiger partial charge in [-0.2, -0.15) is 0 Å². The van der Waals surface area contributed by atoms with E-state index >= 15 is 0 Å². The van der Waals surface area contributed by atoms with E-state index in [2.05, 4.69) is 0 Å². The van der Waals surface area contributed by atoms with Gasteiger partial charge in [0.05, 0.1) is 25.1 Å². The van der Waals surface area contributed by atoms with Gasteiger partial charge in [0.1, 0.15) is 23.3 Å². The molecule has 2 aliphatic heterocycles. The van der Waals surface area contributed by atoms with Crippen molar-refractivity contribution >= 4 is 17.4 Å². The largest absolute Gasteiger partial charge is 0.507 e. The molecule has 1 atom stereocenters. The molecule has 1 saturated heterocycles. The minimum absolute atomic E-state index is 0.0210. The number of carbonyl (C=O) groups is 2. The summed E-state index contributed by atoms with van der Waals surface area (Å²) < 4.78 is 16.2. The fraction of sp³-hybridized carbons (Fsp3) is 0.333. The Morgan fingerprint density at radius 1 is 1.32 bits per heavy atom. The third-order valence-corrected chi connectivity index (χ3v) is 5.07. The number of rotatable bonds is 5. The summed E-state index contributed by atoms with van der Waals surface area (Å²) in [5.74, 6) is -0.428. The summed E-state index contributed by atoms with van der Waals surface area (Å²) in [5, 5.41) is 11.0. The van der Waals surface area contributed by atoms with Crippen LogP contribution in [0.3, 0.4) is 0 Å². The molecule has 28 heavy (non-hydrogen) atoms. The van der Waals surface area contributed by atoms with Crippen LogP contribution in [0, 0.1) is 0 Å². The van der Waals surface area contributed by atoms with Gasteiger partial charge in [0.25, 0.3) is 11.7 Å². The van der Waals surface area contributed by atoms with Crippen molar-refractivity contribution in [3.63, 3.8) is 0 Å². The fourth-order valence-corrected chi connectivity index (χ4v) is 3.71. The van der Waals surface area contributed by atoms with Gasteiger partial charge in [0.15, 0.2) is 0 Å². The van der Waals surface area contributed by atoms with Gasteiger partial charge in [-0.05, 0) is 48.7 Å². The highest BCUT2D eigenvalue weighted by molar-refractivity contribution is 6.46. The maximum atomic E-state index is 12.8. The monoisotopic (exact) mass is 383 g/mol. The lowest BCUT2D eigenvalue weighted by Gasteiger charge is -2.23. The molecule has 1 amide bonds. The number of ether oxygens (including phenoxy) is 2. The van der Waals surface area contributed by atoms with Crippen LogP contribution in [0.4, 0.5) is 0 Å². The Balaban J connectivity index is 1.80. The minimum Gasteiger partial charge on any atom is -0.507 e. The molecule has 2 aromatic rings. The molecule has 0 spiro atoms. The Morgan fingerprint density at radius 2 is 2.18 bits per heavy atom. The van der Waals surface area contributed by atoms with Crippen LogP contribution in [0.15, 0.2) is 46.6 Å². The number of fused-ring (bicyclic) bond motifs is 1. The maximum Gasteiger partial charge on any atom is 0.295 e. The summed E-state index contributed by atoms with van der Waals surface area (Å²) in [4.78, 5) is 26.8. The summed E-state index contributed by atoms with van der Waals surface area (Å²) in [6.07, 6.45) is 3.20. The first kappa shape index (κ1) is 18.3. The maximum absolute atomic E-state index is 12.8. The number of aliphatic hydroxyl groups is 1. The smallest absolute Gasteiger partial charge is 0.295 e. The third-order valence-electron chi connectivity index (χ3n) is 5.07. The second kappa shape index (κ2) is 7.52. The number of aliphatic hydroxyl groups excluding tert-OH is 1. The third kappa shape index (κ3) is 3.07. The van der Waals surface area contributed by atoms with Gasteiger partial charge in [0, 0.05) is 19.2 Å². The van der Waals surface area contributed by atoms with E-state index in [9.17, 15) is 14.7 Å². The van der Waals surface area contributed by atoms with Crippen LogP contribution in [0.2, 0.25) is 0 Å². The number of furan rings is 1. The standard InChI is InChI=1S/C21H21NO6/c1-26-11-8-22-18(16-5-3-10-28-16)17(20(24)21(22)25)19(23)14-6-7-15-13(12-14)4-2-9-27-15/h3,5-7,10,12,18,23H,2,4,8-9,11H2,1H3/b19-17-. The van der Waals surface area contributed by atoms with Gasteiger partial charge in [-0.3, -0.25) is 9.59 Å². The number of aryl methyl sites for hydroxylation is 1. The molecule has 0 radical (unpaired) electrons. The summed E-state index contributed by atoms with van der Waals surface area (Å²) in [6.45, 7) is 1.14. The second-order valence-electron chi connectivity index (χ2n) is 6.78. The van der Waals surface area contributed by atoms with E-state index in [0.717, 1.165) is 24.2 Å². The van der Waals surface area contributed by atoms with Crippen LogP contribution in [0.1, 0.15) is 29.3 Å². The first-order chi connectivity index (χ1) is 13.6. The molecule has 1 unspecified atom stereocenters. The summed E-state index contributed by atoms with van der Waals surface area (Å²) in [6, 6.07) is 7.86. The number of amides is 1. The van der Waals surface area contributed by atoms with Crippen LogP contribution in [0.25, 0.3) is 5.76 Å². The molecule has 146 valence electrons. The average molecular weight is 383 g/mol. The number of hydrogen-bond acceptors (Lipinski definition) is 6. The molecule has 1 aromatic heterocycles. The fourth-order valence-electron chi connectivity index (χ4n) is 3.71. The predicted molar refractivity (Wildman–Crippen MR) is 99.9 cm³/mol. The summed E-state index contributed by atoms with van der Waals surface area (Å²) >= 11 is 0. The number of benzene rings is 1. The van der Waals surface area contributed by atoms with Crippen LogP contribution in [-0.4, -0.2) is 48.6 Å². The van der Waals surface area contributed by atoms with E-state index in [4.69, 9.17) is 13.9 Å². The lowest BCUT2D eigenvalue weighted by atomic mass is 9.96. The number of likely N-dealkylation sites (tertiary alicyclic amines) is 1. The highest BCUT2D eigenvalue weighted by Gasteiger charge is 2.47. The van der Waals surface area contributed by atoms with Crippen molar-refractivity contribution in [1.82, 2.24) is 4.90 Å². The molecule has 3 heterocycles. The van der Waals surface area contributed by atoms with Crippen molar-refractivity contribution in [2.24, 2.45) is 0 Å². The lowest BCUT2D eigenvalue weighted by molar-refractivity contribution is -0.140. The van der Waals surface area contributed by atoms with Gasteiger partial charge in [-0.15, -0.1) is 0 Å². The van der Waals surface area contributed by atoms with E-state index in [0.29, 0.717) is 17.9 Å². The Bertz CT molecular complexity index is 930. The van der Waals surface area contributed by atoms with E-state index in [1.807, 2.05) is 6.07 Å². The molecule has 7 nitrogen and oxygen atoms in total. The van der Waals surface area contributed by atoms with E-state index in [1.54, 1.807) is 24.3 Å². The lowest BCUT2D eigenvalue weighted by Crippen LogP contribution is -2.32. The zero-order chi connectivity index (χ0) is 19.7. The van der Waals surface area contributed by atoms with E-state index in [-0.39, 0.29) is 24.5 Å². The van der Waals surface area contributed by atoms with Crippen molar-refractivity contribution in [1.29, 1.82) is 0 Å². The number of nitrogens with zero attached hydrogens (tertiary/aromatic N) is 1. The number of Topliss-reactive ketones (excluding diaryl/α,β-unsaturated/α-hetero) is 1. The molecule has 1 fully saturated rings. The van der Waals surface area contributed by atoms with Gasteiger partial charge in [0.2, 0.25) is 0 Å².